The Bertz CT molecular complexity index is 462. The summed E-state index contributed by atoms with van der Waals surface area (Å²) >= 11 is 0. The van der Waals surface area contributed by atoms with E-state index in [1.807, 2.05) is 0 Å². The second-order valence-electron chi connectivity index (χ2n) is 3.71. The van der Waals surface area contributed by atoms with Gasteiger partial charge < -0.3 is 26.3 Å². The number of methoxy groups -OCH3 is 1. The molecule has 1 amide bonds. The lowest BCUT2D eigenvalue weighted by molar-refractivity contribution is -0.122. The number of primary amides is 1. The minimum atomic E-state index is -0.533. The maximum Gasteiger partial charge on any atom is 0.340 e. The van der Waals surface area contributed by atoms with E-state index in [2.05, 4.69) is 10.1 Å². The van der Waals surface area contributed by atoms with Crippen molar-refractivity contribution in [1.82, 2.24) is 0 Å². The first-order chi connectivity index (χ1) is 9.06. The average molecular weight is 267 g/mol. The summed E-state index contributed by atoms with van der Waals surface area (Å²) in [7, 11) is 1.30. The molecule has 0 aliphatic rings. The average Bonchev–Trinajstić information content (AvgIpc) is 2.38. The molecule has 0 aliphatic heterocycles. The summed E-state index contributed by atoms with van der Waals surface area (Å²) < 4.78 is 9.65. The van der Waals surface area contributed by atoms with Gasteiger partial charge in [0, 0.05) is 6.54 Å². The van der Waals surface area contributed by atoms with Crippen LogP contribution in [-0.4, -0.2) is 38.7 Å². The molecular formula is C12H17N3O4. The molecular weight excluding hydrogens is 250 g/mol. The lowest BCUT2D eigenvalue weighted by Gasteiger charge is -2.13. The van der Waals surface area contributed by atoms with Crippen LogP contribution in [0.1, 0.15) is 10.4 Å². The number of nitrogen functional groups attached to an aromatic ring is 1. The van der Waals surface area contributed by atoms with Crippen LogP contribution in [0.25, 0.3) is 0 Å². The fourth-order valence-corrected chi connectivity index (χ4v) is 1.47. The zero-order valence-corrected chi connectivity index (χ0v) is 10.6. The summed E-state index contributed by atoms with van der Waals surface area (Å²) in [5.41, 5.74) is 12.0. The number of carbonyl (C=O) groups excluding carboxylic acids is 2. The van der Waals surface area contributed by atoms with Crippen molar-refractivity contribution in [2.75, 3.05) is 37.9 Å². The van der Waals surface area contributed by atoms with Crippen LogP contribution in [0.2, 0.25) is 0 Å². The van der Waals surface area contributed by atoms with Crippen molar-refractivity contribution in [3.63, 3.8) is 0 Å². The van der Waals surface area contributed by atoms with Gasteiger partial charge in [-0.2, -0.15) is 0 Å². The van der Waals surface area contributed by atoms with Gasteiger partial charge >= 0.3 is 5.97 Å². The van der Waals surface area contributed by atoms with Gasteiger partial charge in [0.1, 0.15) is 6.61 Å². The van der Waals surface area contributed by atoms with E-state index in [0.717, 1.165) is 0 Å². The van der Waals surface area contributed by atoms with E-state index in [9.17, 15) is 9.59 Å². The molecule has 1 rings (SSSR count). The number of rotatable bonds is 7. The van der Waals surface area contributed by atoms with Crippen molar-refractivity contribution in [2.24, 2.45) is 5.73 Å². The molecule has 7 heteroatoms. The van der Waals surface area contributed by atoms with Gasteiger partial charge in [-0.25, -0.2) is 4.79 Å². The Morgan fingerprint density at radius 3 is 2.74 bits per heavy atom. The number of hydrogen-bond donors (Lipinski definition) is 3. The van der Waals surface area contributed by atoms with Crippen LogP contribution in [0.15, 0.2) is 18.2 Å². The molecule has 0 unspecified atom stereocenters. The Labute approximate surface area is 110 Å². The van der Waals surface area contributed by atoms with Gasteiger partial charge in [-0.05, 0) is 12.1 Å². The molecule has 0 spiro atoms. The van der Waals surface area contributed by atoms with E-state index in [1.54, 1.807) is 18.2 Å². The number of nitrogens with one attached hydrogen (secondary N) is 1. The molecule has 5 N–H and O–H groups in total. The largest absolute Gasteiger partial charge is 0.465 e. The predicted octanol–water partition coefficient (Wildman–Crippen LogP) is -0.0308. The van der Waals surface area contributed by atoms with E-state index in [-0.39, 0.29) is 13.2 Å². The van der Waals surface area contributed by atoms with Gasteiger partial charge in [0.15, 0.2) is 0 Å². The molecule has 19 heavy (non-hydrogen) atoms. The highest BCUT2D eigenvalue weighted by Gasteiger charge is 2.13. The number of para-hydroxylation sites is 1. The van der Waals surface area contributed by atoms with Crippen LogP contribution < -0.4 is 16.8 Å². The van der Waals surface area contributed by atoms with Crippen LogP contribution >= 0.6 is 0 Å². The Morgan fingerprint density at radius 1 is 1.37 bits per heavy atom. The van der Waals surface area contributed by atoms with Crippen molar-refractivity contribution in [3.8, 4) is 0 Å². The minimum absolute atomic E-state index is 0.143. The van der Waals surface area contributed by atoms with Gasteiger partial charge in [0.2, 0.25) is 5.91 Å². The van der Waals surface area contributed by atoms with E-state index in [4.69, 9.17) is 16.2 Å². The molecule has 0 fully saturated rings. The molecule has 0 atom stereocenters. The summed E-state index contributed by atoms with van der Waals surface area (Å²) in [6, 6.07) is 4.93. The van der Waals surface area contributed by atoms with Crippen molar-refractivity contribution < 1.29 is 19.1 Å². The SMILES string of the molecule is COC(=O)c1cccc(N)c1NCCOCC(N)=O. The number of amides is 1. The summed E-state index contributed by atoms with van der Waals surface area (Å²) in [6.45, 7) is 0.499. The van der Waals surface area contributed by atoms with Gasteiger partial charge in [0.05, 0.1) is 30.7 Å². The van der Waals surface area contributed by atoms with Crippen LogP contribution in [0.3, 0.4) is 0 Å². The number of ether oxygens (including phenoxy) is 2. The first kappa shape index (κ1) is 14.8. The summed E-state index contributed by atoms with van der Waals surface area (Å²) in [6.07, 6.45) is 0. The minimum Gasteiger partial charge on any atom is -0.465 e. The highest BCUT2D eigenvalue weighted by molar-refractivity contribution is 5.98. The highest BCUT2D eigenvalue weighted by atomic mass is 16.5. The Morgan fingerprint density at radius 2 is 2.11 bits per heavy atom. The van der Waals surface area contributed by atoms with E-state index in [1.165, 1.54) is 7.11 Å². The van der Waals surface area contributed by atoms with Gasteiger partial charge in [-0.1, -0.05) is 6.07 Å². The number of anilines is 2. The van der Waals surface area contributed by atoms with Crippen LogP contribution in [0.5, 0.6) is 0 Å². The first-order valence-corrected chi connectivity index (χ1v) is 5.63. The summed E-state index contributed by atoms with van der Waals surface area (Å²) in [5.74, 6) is -1.01. The molecule has 104 valence electrons. The molecule has 0 saturated carbocycles. The van der Waals surface area contributed by atoms with Crippen molar-refractivity contribution in [1.29, 1.82) is 0 Å². The second-order valence-corrected chi connectivity index (χ2v) is 3.71. The molecule has 0 radical (unpaired) electrons. The molecule has 1 aromatic rings. The van der Waals surface area contributed by atoms with Crippen molar-refractivity contribution >= 4 is 23.3 Å². The third kappa shape index (κ3) is 4.47. The topological polar surface area (TPSA) is 117 Å². The quantitative estimate of drug-likeness (QED) is 0.363. The Hall–Kier alpha value is -2.28. The molecule has 0 heterocycles. The number of esters is 1. The molecule has 0 aromatic heterocycles. The lowest BCUT2D eigenvalue weighted by Crippen LogP contribution is -2.21. The standard InChI is InChI=1S/C12H17N3O4/c1-18-12(17)8-3-2-4-9(13)11(8)15-5-6-19-7-10(14)16/h2-4,15H,5-7,13H2,1H3,(H2,14,16). The number of carbonyl (C=O) groups is 2. The van der Waals surface area contributed by atoms with Gasteiger partial charge in [-0.3, -0.25) is 4.79 Å². The smallest absolute Gasteiger partial charge is 0.340 e. The number of nitrogens with two attached hydrogens (primary N) is 2. The maximum absolute atomic E-state index is 11.6. The zero-order valence-electron chi connectivity index (χ0n) is 10.6. The monoisotopic (exact) mass is 267 g/mol. The van der Waals surface area contributed by atoms with Gasteiger partial charge in [0.25, 0.3) is 0 Å². The molecule has 0 saturated heterocycles. The first-order valence-electron chi connectivity index (χ1n) is 5.63. The number of benzene rings is 1. The Kier molecular flexibility index (Phi) is 5.62. The van der Waals surface area contributed by atoms with Gasteiger partial charge in [-0.15, -0.1) is 0 Å². The van der Waals surface area contributed by atoms with Crippen molar-refractivity contribution in [2.45, 2.75) is 0 Å². The van der Waals surface area contributed by atoms with Crippen molar-refractivity contribution in [3.05, 3.63) is 23.8 Å². The molecule has 0 aliphatic carbocycles. The maximum atomic E-state index is 11.6. The number of hydrogen-bond acceptors (Lipinski definition) is 6. The molecule has 1 aromatic carbocycles. The zero-order chi connectivity index (χ0) is 14.3. The summed E-state index contributed by atoms with van der Waals surface area (Å²) in [5, 5.41) is 2.97. The van der Waals surface area contributed by atoms with Crippen LogP contribution in [-0.2, 0) is 14.3 Å². The van der Waals surface area contributed by atoms with E-state index < -0.39 is 11.9 Å². The normalized spacial score (nSPS) is 9.95. The molecule has 0 bridgehead atoms. The van der Waals surface area contributed by atoms with Crippen LogP contribution in [0.4, 0.5) is 11.4 Å². The van der Waals surface area contributed by atoms with E-state index >= 15 is 0 Å². The highest BCUT2D eigenvalue weighted by Crippen LogP contribution is 2.23. The fraction of sp³-hybridized carbons (Fsp3) is 0.333. The van der Waals surface area contributed by atoms with E-state index in [0.29, 0.717) is 23.5 Å². The lowest BCUT2D eigenvalue weighted by atomic mass is 10.1. The fourth-order valence-electron chi connectivity index (χ4n) is 1.47. The Balaban J connectivity index is 2.61. The third-order valence-corrected chi connectivity index (χ3v) is 2.29. The second kappa shape index (κ2) is 7.22. The third-order valence-electron chi connectivity index (χ3n) is 2.29. The van der Waals surface area contributed by atoms with Crippen LogP contribution in [0, 0.1) is 0 Å². The summed E-state index contributed by atoms with van der Waals surface area (Å²) in [4.78, 5) is 22.0. The predicted molar refractivity (Wildman–Crippen MR) is 70.7 cm³/mol. The molecule has 7 nitrogen and oxygen atoms in total.